The summed E-state index contributed by atoms with van der Waals surface area (Å²) < 4.78 is 2.65. The van der Waals surface area contributed by atoms with Crippen molar-refractivity contribution in [3.63, 3.8) is 0 Å². The van der Waals surface area contributed by atoms with Crippen LogP contribution in [0.25, 0.3) is 0 Å². The number of aromatic nitrogens is 2. The van der Waals surface area contributed by atoms with Gasteiger partial charge in [-0.1, -0.05) is 0 Å². The number of carbonyl (C=O) groups excluding carboxylic acids is 2. The molecule has 3 N–H and O–H groups in total. The summed E-state index contributed by atoms with van der Waals surface area (Å²) in [5.74, 6) is 4.92. The Hall–Kier alpha value is -1.41. The second kappa shape index (κ2) is 6.57. The first-order valence-electron chi connectivity index (χ1n) is 6.91. The average Bonchev–Trinajstić information content (AvgIpc) is 2.74. The molecule has 2 amide bonds. The highest BCUT2D eigenvalue weighted by Crippen LogP contribution is 2.21. The lowest BCUT2D eigenvalue weighted by Crippen LogP contribution is -2.45. The number of halogens is 1. The van der Waals surface area contributed by atoms with Crippen LogP contribution in [0.3, 0.4) is 0 Å². The predicted octanol–water partition coefficient (Wildman–Crippen LogP) is 0.491. The second-order valence-corrected chi connectivity index (χ2v) is 6.10. The second-order valence-electron chi connectivity index (χ2n) is 5.31. The molecule has 0 aromatic carbocycles. The summed E-state index contributed by atoms with van der Waals surface area (Å²) in [5.41, 5.74) is 3.99. The summed E-state index contributed by atoms with van der Waals surface area (Å²) in [7, 11) is 0. The van der Waals surface area contributed by atoms with Gasteiger partial charge in [0.15, 0.2) is 0 Å². The highest BCUT2D eigenvalue weighted by molar-refractivity contribution is 9.10. The quantitative estimate of drug-likeness (QED) is 0.467. The van der Waals surface area contributed by atoms with Crippen LogP contribution in [0.2, 0.25) is 0 Å². The molecule has 1 saturated heterocycles. The van der Waals surface area contributed by atoms with Gasteiger partial charge < -0.3 is 4.90 Å². The highest BCUT2D eigenvalue weighted by atomic mass is 79.9. The molecule has 1 aromatic heterocycles. The molecule has 0 atom stereocenters. The third kappa shape index (κ3) is 3.44. The van der Waals surface area contributed by atoms with Crippen LogP contribution >= 0.6 is 15.9 Å². The third-order valence-corrected chi connectivity index (χ3v) is 5.09. The van der Waals surface area contributed by atoms with Gasteiger partial charge in [0.1, 0.15) is 6.54 Å². The number of nitrogens with one attached hydrogen (secondary N) is 1. The van der Waals surface area contributed by atoms with E-state index in [9.17, 15) is 9.59 Å². The van der Waals surface area contributed by atoms with Crippen molar-refractivity contribution in [3.05, 3.63) is 15.9 Å². The van der Waals surface area contributed by atoms with E-state index in [0.717, 1.165) is 15.9 Å². The first-order valence-corrected chi connectivity index (χ1v) is 7.71. The lowest BCUT2D eigenvalue weighted by Gasteiger charge is -2.31. The van der Waals surface area contributed by atoms with E-state index in [1.54, 1.807) is 9.58 Å². The number of hydrogen-bond donors (Lipinski definition) is 2. The number of aryl methyl sites for hydroxylation is 1. The Bertz CT molecular complexity index is 549. The standard InChI is InChI=1S/C13H20BrN5O2/c1-8-12(14)9(2)19(17-8)7-11(20)18-5-3-10(4-6-18)13(21)16-15/h10H,3-7,15H2,1-2H3,(H,16,21). The normalized spacial score (nSPS) is 16.1. The predicted molar refractivity (Wildman–Crippen MR) is 81.0 cm³/mol. The summed E-state index contributed by atoms with van der Waals surface area (Å²) >= 11 is 3.45. The van der Waals surface area contributed by atoms with Crippen molar-refractivity contribution in [3.8, 4) is 0 Å². The molecule has 2 heterocycles. The third-order valence-electron chi connectivity index (χ3n) is 3.94. The van der Waals surface area contributed by atoms with Crippen molar-refractivity contribution in [2.24, 2.45) is 11.8 Å². The first kappa shape index (κ1) is 16.0. The molecule has 21 heavy (non-hydrogen) atoms. The molecule has 0 spiro atoms. The summed E-state index contributed by atoms with van der Waals surface area (Å²) in [6.07, 6.45) is 1.30. The van der Waals surface area contributed by atoms with Gasteiger partial charge in [-0.25, -0.2) is 5.84 Å². The fourth-order valence-electron chi connectivity index (χ4n) is 2.57. The van der Waals surface area contributed by atoms with E-state index in [0.29, 0.717) is 25.9 Å². The van der Waals surface area contributed by atoms with Gasteiger partial charge in [0, 0.05) is 19.0 Å². The Labute approximate surface area is 131 Å². The fourth-order valence-corrected chi connectivity index (χ4v) is 2.85. The number of rotatable bonds is 3. The van der Waals surface area contributed by atoms with Gasteiger partial charge in [0.25, 0.3) is 0 Å². The summed E-state index contributed by atoms with van der Waals surface area (Å²) in [6.45, 7) is 5.21. The van der Waals surface area contributed by atoms with E-state index in [1.165, 1.54) is 0 Å². The molecule has 2 rings (SSSR count). The molecule has 7 nitrogen and oxygen atoms in total. The van der Waals surface area contributed by atoms with E-state index in [-0.39, 0.29) is 24.3 Å². The number of likely N-dealkylation sites (tertiary alicyclic amines) is 1. The number of carbonyl (C=O) groups is 2. The minimum atomic E-state index is -0.149. The van der Waals surface area contributed by atoms with Crippen LogP contribution in [0.1, 0.15) is 24.2 Å². The van der Waals surface area contributed by atoms with E-state index >= 15 is 0 Å². The molecule has 1 fully saturated rings. The number of nitrogens with zero attached hydrogens (tertiary/aromatic N) is 3. The lowest BCUT2D eigenvalue weighted by atomic mass is 9.96. The van der Waals surface area contributed by atoms with Gasteiger partial charge in [0.05, 0.1) is 15.9 Å². The number of hydrazine groups is 1. The average molecular weight is 358 g/mol. The van der Waals surface area contributed by atoms with Crippen LogP contribution in [0.5, 0.6) is 0 Å². The zero-order valence-electron chi connectivity index (χ0n) is 12.2. The molecule has 1 aromatic rings. The molecule has 1 aliphatic rings. The van der Waals surface area contributed by atoms with Crippen molar-refractivity contribution in [1.29, 1.82) is 0 Å². The van der Waals surface area contributed by atoms with Crippen molar-refractivity contribution in [1.82, 2.24) is 20.1 Å². The van der Waals surface area contributed by atoms with E-state index < -0.39 is 0 Å². The van der Waals surface area contributed by atoms with Gasteiger partial charge in [-0.05, 0) is 42.6 Å². The van der Waals surface area contributed by atoms with Crippen LogP contribution in [0.4, 0.5) is 0 Å². The van der Waals surface area contributed by atoms with Crippen molar-refractivity contribution >= 4 is 27.7 Å². The first-order chi connectivity index (χ1) is 9.93. The van der Waals surface area contributed by atoms with Gasteiger partial charge >= 0.3 is 0 Å². The fraction of sp³-hybridized carbons (Fsp3) is 0.615. The van der Waals surface area contributed by atoms with Gasteiger partial charge in [-0.3, -0.25) is 19.7 Å². The van der Waals surface area contributed by atoms with Gasteiger partial charge in [0.2, 0.25) is 11.8 Å². The summed E-state index contributed by atoms with van der Waals surface area (Å²) in [5, 5.41) is 4.34. The molecule has 8 heteroatoms. The van der Waals surface area contributed by atoms with Crippen LogP contribution in [-0.2, 0) is 16.1 Å². The molecule has 0 unspecified atom stereocenters. The maximum Gasteiger partial charge on any atom is 0.244 e. The molecule has 116 valence electrons. The number of hydrogen-bond acceptors (Lipinski definition) is 4. The van der Waals surface area contributed by atoms with Crippen LogP contribution in [0, 0.1) is 19.8 Å². The molecular formula is C13H20BrN5O2. The zero-order valence-corrected chi connectivity index (χ0v) is 13.8. The van der Waals surface area contributed by atoms with Crippen LogP contribution < -0.4 is 11.3 Å². The van der Waals surface area contributed by atoms with E-state index in [2.05, 4.69) is 26.5 Å². The minimum absolute atomic E-state index is 0.0275. The number of nitrogens with two attached hydrogens (primary N) is 1. The maximum absolute atomic E-state index is 12.3. The Kier molecular flexibility index (Phi) is 5.00. The highest BCUT2D eigenvalue weighted by Gasteiger charge is 2.27. The summed E-state index contributed by atoms with van der Waals surface area (Å²) in [4.78, 5) is 25.6. The topological polar surface area (TPSA) is 93.2 Å². The molecular weight excluding hydrogens is 338 g/mol. The lowest BCUT2D eigenvalue weighted by molar-refractivity contribution is -0.136. The number of piperidine rings is 1. The van der Waals surface area contributed by atoms with Gasteiger partial charge in [-0.15, -0.1) is 0 Å². The SMILES string of the molecule is Cc1nn(CC(=O)N2CCC(C(=O)NN)CC2)c(C)c1Br. The van der Waals surface area contributed by atoms with Gasteiger partial charge in [-0.2, -0.15) is 5.10 Å². The number of amides is 2. The molecule has 0 aliphatic carbocycles. The van der Waals surface area contributed by atoms with Crippen LogP contribution in [-0.4, -0.2) is 39.6 Å². The Morgan fingerprint density at radius 1 is 1.38 bits per heavy atom. The Morgan fingerprint density at radius 2 is 2.00 bits per heavy atom. The monoisotopic (exact) mass is 357 g/mol. The Morgan fingerprint density at radius 3 is 2.48 bits per heavy atom. The van der Waals surface area contributed by atoms with E-state index in [4.69, 9.17) is 5.84 Å². The minimum Gasteiger partial charge on any atom is -0.341 e. The van der Waals surface area contributed by atoms with Crippen molar-refractivity contribution in [2.75, 3.05) is 13.1 Å². The van der Waals surface area contributed by atoms with E-state index in [1.807, 2.05) is 13.8 Å². The smallest absolute Gasteiger partial charge is 0.244 e. The van der Waals surface area contributed by atoms with Crippen molar-refractivity contribution < 1.29 is 9.59 Å². The molecule has 1 aliphatic heterocycles. The molecule has 0 bridgehead atoms. The maximum atomic E-state index is 12.3. The largest absolute Gasteiger partial charge is 0.341 e. The zero-order chi connectivity index (χ0) is 15.6. The molecule has 0 radical (unpaired) electrons. The molecule has 0 saturated carbocycles. The van der Waals surface area contributed by atoms with Crippen LogP contribution in [0.15, 0.2) is 4.47 Å². The summed E-state index contributed by atoms with van der Waals surface area (Å²) in [6, 6.07) is 0. The Balaban J connectivity index is 1.93. The van der Waals surface area contributed by atoms with Crippen molar-refractivity contribution in [2.45, 2.75) is 33.2 Å².